The van der Waals surface area contributed by atoms with Crippen LogP contribution >= 0.6 is 12.4 Å². The Hall–Kier alpha value is -1.14. The van der Waals surface area contributed by atoms with E-state index in [1.165, 1.54) is 0 Å². The molecule has 0 aliphatic heterocycles. The van der Waals surface area contributed by atoms with E-state index < -0.39 is 5.97 Å². The molecule has 1 N–H and O–H groups in total. The predicted molar refractivity (Wildman–Crippen MR) is 68.7 cm³/mol. The molecule has 1 rings (SSSR count). The van der Waals surface area contributed by atoms with Gasteiger partial charge in [-0.3, -0.25) is 9.69 Å². The third kappa shape index (κ3) is 5.97. The molecule has 0 saturated carbocycles. The summed E-state index contributed by atoms with van der Waals surface area (Å²) in [6.07, 6.45) is 2.65. The van der Waals surface area contributed by atoms with Gasteiger partial charge in [-0.15, -0.1) is 12.4 Å². The number of aliphatic carboxylic acids is 1. The van der Waals surface area contributed by atoms with Crippen LogP contribution in [0.15, 0.2) is 4.52 Å². The molecule has 0 fully saturated rings. The van der Waals surface area contributed by atoms with E-state index >= 15 is 0 Å². The maximum atomic E-state index is 10.7. The first-order valence-corrected chi connectivity index (χ1v) is 5.91. The lowest BCUT2D eigenvalue weighted by Crippen LogP contribution is -2.30. The number of aryl methyl sites for hydroxylation is 1. The number of carbonyl (C=O) groups is 1. The van der Waals surface area contributed by atoms with Gasteiger partial charge in [-0.05, 0) is 19.4 Å². The topological polar surface area (TPSA) is 79.5 Å². The number of halogens is 1. The van der Waals surface area contributed by atoms with Gasteiger partial charge in [-0.2, -0.15) is 4.98 Å². The molecule has 6 nitrogen and oxygen atoms in total. The van der Waals surface area contributed by atoms with Crippen LogP contribution in [0.2, 0.25) is 0 Å². The third-order valence-electron chi connectivity index (χ3n) is 2.24. The summed E-state index contributed by atoms with van der Waals surface area (Å²) in [7, 11) is 0. The molecule has 0 amide bonds. The number of rotatable bonds is 8. The minimum Gasteiger partial charge on any atom is -0.480 e. The van der Waals surface area contributed by atoms with Gasteiger partial charge in [-0.25, -0.2) is 0 Å². The van der Waals surface area contributed by atoms with Gasteiger partial charge in [0.1, 0.15) is 0 Å². The molecule has 1 heterocycles. The van der Waals surface area contributed by atoms with Crippen molar-refractivity contribution in [1.29, 1.82) is 0 Å². The Labute approximate surface area is 113 Å². The van der Waals surface area contributed by atoms with E-state index in [1.54, 1.807) is 4.90 Å². The molecule has 0 aromatic carbocycles. The van der Waals surface area contributed by atoms with Crippen LogP contribution in [0.4, 0.5) is 0 Å². The van der Waals surface area contributed by atoms with Crippen molar-refractivity contribution in [1.82, 2.24) is 15.0 Å². The molecule has 0 atom stereocenters. The van der Waals surface area contributed by atoms with Crippen molar-refractivity contribution < 1.29 is 14.4 Å². The molecule has 0 bridgehead atoms. The van der Waals surface area contributed by atoms with Gasteiger partial charge < -0.3 is 9.63 Å². The maximum absolute atomic E-state index is 10.7. The lowest BCUT2D eigenvalue weighted by molar-refractivity contribution is -0.138. The molecule has 1 aromatic heterocycles. The average molecular weight is 278 g/mol. The fourth-order valence-corrected chi connectivity index (χ4v) is 1.59. The highest BCUT2D eigenvalue weighted by molar-refractivity contribution is 5.85. The van der Waals surface area contributed by atoms with E-state index in [1.807, 2.05) is 13.8 Å². The van der Waals surface area contributed by atoms with Crippen LogP contribution in [-0.4, -0.2) is 39.2 Å². The first-order valence-electron chi connectivity index (χ1n) is 5.91. The van der Waals surface area contributed by atoms with Gasteiger partial charge in [0.15, 0.2) is 5.82 Å². The third-order valence-corrected chi connectivity index (χ3v) is 2.24. The maximum Gasteiger partial charge on any atom is 0.317 e. The van der Waals surface area contributed by atoms with Crippen LogP contribution in [0.1, 0.15) is 38.4 Å². The quantitative estimate of drug-likeness (QED) is 0.780. The average Bonchev–Trinajstić information content (AvgIpc) is 2.65. The Balaban J connectivity index is 0.00000289. The van der Waals surface area contributed by atoms with Gasteiger partial charge >= 0.3 is 5.97 Å². The highest BCUT2D eigenvalue weighted by atomic mass is 35.5. The zero-order valence-corrected chi connectivity index (χ0v) is 11.6. The lowest BCUT2D eigenvalue weighted by Gasteiger charge is -2.16. The number of aromatic nitrogens is 2. The molecule has 0 spiro atoms. The van der Waals surface area contributed by atoms with Crippen molar-refractivity contribution >= 4 is 18.4 Å². The van der Waals surface area contributed by atoms with E-state index in [2.05, 4.69) is 10.1 Å². The van der Waals surface area contributed by atoms with Crippen LogP contribution in [-0.2, 0) is 17.8 Å². The van der Waals surface area contributed by atoms with Crippen molar-refractivity contribution in [3.8, 4) is 0 Å². The van der Waals surface area contributed by atoms with Crippen molar-refractivity contribution in [2.45, 2.75) is 39.7 Å². The van der Waals surface area contributed by atoms with E-state index in [0.29, 0.717) is 24.8 Å². The largest absolute Gasteiger partial charge is 0.480 e. The van der Waals surface area contributed by atoms with Crippen LogP contribution < -0.4 is 0 Å². The Morgan fingerprint density at radius 1 is 1.39 bits per heavy atom. The second kappa shape index (κ2) is 8.88. The molecule has 0 saturated heterocycles. The molecule has 1 aromatic rings. The zero-order valence-electron chi connectivity index (χ0n) is 10.8. The monoisotopic (exact) mass is 277 g/mol. The molecule has 18 heavy (non-hydrogen) atoms. The standard InChI is InChI=1S/C11H19N3O3.ClH/c1-3-5-9-12-10(17-13-9)7-14(6-4-2)8-11(15)16;/h3-8H2,1-2H3,(H,15,16);1H. The minimum absolute atomic E-state index is 0. The molecule has 0 aliphatic rings. The molecular formula is C11H20ClN3O3. The number of carboxylic acids is 1. The second-order valence-electron chi connectivity index (χ2n) is 3.96. The molecule has 0 radical (unpaired) electrons. The summed E-state index contributed by atoms with van der Waals surface area (Å²) in [6.45, 7) is 5.16. The van der Waals surface area contributed by atoms with Gasteiger partial charge in [-0.1, -0.05) is 19.0 Å². The summed E-state index contributed by atoms with van der Waals surface area (Å²) in [6, 6.07) is 0. The minimum atomic E-state index is -0.841. The summed E-state index contributed by atoms with van der Waals surface area (Å²) in [5.74, 6) is 0.337. The number of nitrogens with zero attached hydrogens (tertiary/aromatic N) is 3. The van der Waals surface area contributed by atoms with E-state index in [9.17, 15) is 4.79 Å². The summed E-state index contributed by atoms with van der Waals surface area (Å²) >= 11 is 0. The fourth-order valence-electron chi connectivity index (χ4n) is 1.59. The lowest BCUT2D eigenvalue weighted by atomic mass is 10.3. The number of hydrogen-bond acceptors (Lipinski definition) is 5. The summed E-state index contributed by atoms with van der Waals surface area (Å²) in [5, 5.41) is 12.6. The summed E-state index contributed by atoms with van der Waals surface area (Å²) < 4.78 is 5.08. The summed E-state index contributed by atoms with van der Waals surface area (Å²) in [4.78, 5) is 16.7. The summed E-state index contributed by atoms with van der Waals surface area (Å²) in [5.41, 5.74) is 0. The van der Waals surface area contributed by atoms with Crippen molar-refractivity contribution in [2.24, 2.45) is 0 Å². The van der Waals surface area contributed by atoms with E-state index in [-0.39, 0.29) is 19.0 Å². The zero-order chi connectivity index (χ0) is 12.7. The normalized spacial score (nSPS) is 10.4. The number of hydrogen-bond donors (Lipinski definition) is 1. The molecule has 104 valence electrons. The molecule has 0 unspecified atom stereocenters. The van der Waals surface area contributed by atoms with Gasteiger partial charge in [0.2, 0.25) is 5.89 Å². The Kier molecular flexibility index (Phi) is 8.32. The van der Waals surface area contributed by atoms with Gasteiger partial charge in [0.05, 0.1) is 13.1 Å². The predicted octanol–water partition coefficient (Wildman–Crippen LogP) is 1.74. The molecule has 7 heteroatoms. The second-order valence-corrected chi connectivity index (χ2v) is 3.96. The smallest absolute Gasteiger partial charge is 0.317 e. The number of carboxylic acid groups (broad SMARTS) is 1. The van der Waals surface area contributed by atoms with Crippen molar-refractivity contribution in [3.63, 3.8) is 0 Å². The van der Waals surface area contributed by atoms with Crippen molar-refractivity contribution in [3.05, 3.63) is 11.7 Å². The SMILES string of the molecule is CCCc1noc(CN(CCC)CC(=O)O)n1.Cl. The van der Waals surface area contributed by atoms with E-state index in [0.717, 1.165) is 19.3 Å². The van der Waals surface area contributed by atoms with Crippen molar-refractivity contribution in [2.75, 3.05) is 13.1 Å². The fraction of sp³-hybridized carbons (Fsp3) is 0.727. The highest BCUT2D eigenvalue weighted by Crippen LogP contribution is 2.05. The Morgan fingerprint density at radius 3 is 2.67 bits per heavy atom. The van der Waals surface area contributed by atoms with Crippen LogP contribution in [0.5, 0.6) is 0 Å². The van der Waals surface area contributed by atoms with Gasteiger partial charge in [0.25, 0.3) is 0 Å². The molecular weight excluding hydrogens is 258 g/mol. The van der Waals surface area contributed by atoms with Gasteiger partial charge in [0, 0.05) is 6.42 Å². The first kappa shape index (κ1) is 16.9. The Bertz CT molecular complexity index is 357. The van der Waals surface area contributed by atoms with E-state index in [4.69, 9.17) is 9.63 Å². The first-order chi connectivity index (χ1) is 8.15. The van der Waals surface area contributed by atoms with Crippen LogP contribution in [0.3, 0.4) is 0 Å². The van der Waals surface area contributed by atoms with Crippen LogP contribution in [0, 0.1) is 0 Å². The Morgan fingerprint density at radius 2 is 2.11 bits per heavy atom. The highest BCUT2D eigenvalue weighted by Gasteiger charge is 2.13. The molecule has 0 aliphatic carbocycles. The van der Waals surface area contributed by atoms with Crippen LogP contribution in [0.25, 0.3) is 0 Å².